The lowest BCUT2D eigenvalue weighted by Crippen LogP contribution is -2.32. The Morgan fingerprint density at radius 2 is 2.24 bits per heavy atom. The maximum Gasteiger partial charge on any atom is 0.271 e. The summed E-state index contributed by atoms with van der Waals surface area (Å²) in [5, 5.41) is 6.57. The zero-order valence-electron chi connectivity index (χ0n) is 9.65. The first-order valence-electron chi connectivity index (χ1n) is 5.85. The third-order valence-electron chi connectivity index (χ3n) is 2.82. The molecule has 1 aliphatic heterocycles. The van der Waals surface area contributed by atoms with Crippen LogP contribution in [0, 0.1) is 0 Å². The minimum Gasteiger partial charge on any atom is -0.364 e. The van der Waals surface area contributed by atoms with E-state index in [4.69, 9.17) is 5.73 Å². The lowest BCUT2D eigenvalue weighted by molar-refractivity contribution is 0.0996. The van der Waals surface area contributed by atoms with E-state index in [0.29, 0.717) is 5.82 Å². The van der Waals surface area contributed by atoms with Gasteiger partial charge in [-0.2, -0.15) is 0 Å². The van der Waals surface area contributed by atoms with Crippen LogP contribution in [0.5, 0.6) is 0 Å². The molecule has 6 nitrogen and oxygen atoms in total. The van der Waals surface area contributed by atoms with Gasteiger partial charge in [-0.15, -0.1) is 0 Å². The fraction of sp³-hybridized carbons (Fsp3) is 0.545. The number of hydrogen-bond acceptors (Lipinski definition) is 5. The third kappa shape index (κ3) is 3.13. The van der Waals surface area contributed by atoms with Gasteiger partial charge in [-0.3, -0.25) is 4.79 Å². The Morgan fingerprint density at radius 1 is 1.41 bits per heavy atom. The van der Waals surface area contributed by atoms with Gasteiger partial charge in [0.05, 0.1) is 0 Å². The van der Waals surface area contributed by atoms with Gasteiger partial charge in [0.2, 0.25) is 0 Å². The fourth-order valence-electron chi connectivity index (χ4n) is 1.96. The molecule has 0 aliphatic carbocycles. The van der Waals surface area contributed by atoms with Crippen LogP contribution in [-0.4, -0.2) is 35.0 Å². The predicted octanol–water partition coefficient (Wildman–Crippen LogP) is 0.129. The molecule has 1 fully saturated rings. The molecule has 1 unspecified atom stereocenters. The number of carbonyl (C=O) groups is 1. The Balaban J connectivity index is 2.09. The summed E-state index contributed by atoms with van der Waals surface area (Å²) >= 11 is 0. The summed E-state index contributed by atoms with van der Waals surface area (Å²) in [5.41, 5.74) is 5.46. The molecule has 0 spiro atoms. The zero-order valence-corrected chi connectivity index (χ0v) is 9.65. The van der Waals surface area contributed by atoms with Crippen molar-refractivity contribution in [2.24, 2.45) is 5.73 Å². The van der Waals surface area contributed by atoms with Crippen molar-refractivity contribution < 1.29 is 4.79 Å². The molecular weight excluding hydrogens is 218 g/mol. The number of nitrogens with two attached hydrogens (primary N) is 1. The number of primary amides is 1. The van der Waals surface area contributed by atoms with Crippen LogP contribution in [0.1, 0.15) is 29.8 Å². The normalized spacial score (nSPS) is 20.6. The largest absolute Gasteiger partial charge is 0.364 e. The Labute approximate surface area is 100 Å². The molecule has 0 bridgehead atoms. The molecule has 2 heterocycles. The van der Waals surface area contributed by atoms with Gasteiger partial charge in [0.25, 0.3) is 5.91 Å². The molecule has 1 saturated heterocycles. The van der Waals surface area contributed by atoms with E-state index in [2.05, 4.69) is 20.6 Å². The zero-order chi connectivity index (χ0) is 12.1. The van der Waals surface area contributed by atoms with E-state index in [9.17, 15) is 4.79 Å². The second-order valence-corrected chi connectivity index (χ2v) is 4.16. The van der Waals surface area contributed by atoms with Crippen LogP contribution in [-0.2, 0) is 0 Å². The molecule has 0 radical (unpaired) electrons. The summed E-state index contributed by atoms with van der Waals surface area (Å²) in [6, 6.07) is 0.271. The number of rotatable bonds is 3. The summed E-state index contributed by atoms with van der Waals surface area (Å²) in [6.07, 6.45) is 6.43. The van der Waals surface area contributed by atoms with Crippen LogP contribution in [0.3, 0.4) is 0 Å². The minimum atomic E-state index is -0.554. The summed E-state index contributed by atoms with van der Waals surface area (Å²) in [7, 11) is 0. The fourth-order valence-corrected chi connectivity index (χ4v) is 1.96. The minimum absolute atomic E-state index is 0.205. The van der Waals surface area contributed by atoms with E-state index in [0.717, 1.165) is 25.9 Å². The first-order valence-corrected chi connectivity index (χ1v) is 5.85. The van der Waals surface area contributed by atoms with Gasteiger partial charge in [-0.25, -0.2) is 9.97 Å². The second-order valence-electron chi connectivity index (χ2n) is 4.16. The molecule has 2 rings (SSSR count). The summed E-state index contributed by atoms with van der Waals surface area (Å²) < 4.78 is 0. The highest BCUT2D eigenvalue weighted by molar-refractivity contribution is 5.95. The van der Waals surface area contributed by atoms with Crippen molar-refractivity contribution in [3.8, 4) is 0 Å². The number of hydrogen-bond donors (Lipinski definition) is 3. The maximum absolute atomic E-state index is 11.2. The molecule has 4 N–H and O–H groups in total. The van der Waals surface area contributed by atoms with Crippen LogP contribution < -0.4 is 16.4 Å². The Bertz CT molecular complexity index is 387. The number of anilines is 1. The monoisotopic (exact) mass is 235 g/mol. The first-order chi connectivity index (χ1) is 8.27. The average molecular weight is 235 g/mol. The number of nitrogens with zero attached hydrogens (tertiary/aromatic N) is 2. The highest BCUT2D eigenvalue weighted by Gasteiger charge is 2.16. The van der Waals surface area contributed by atoms with Crippen molar-refractivity contribution in [3.63, 3.8) is 0 Å². The Hall–Kier alpha value is -1.69. The van der Waals surface area contributed by atoms with E-state index >= 15 is 0 Å². The molecule has 0 aromatic carbocycles. The standard InChI is InChI=1S/C11H17N5O/c12-10(17)9-11(15-6-5-14-9)16-8-3-1-2-4-13-7-8/h5-6,8,13H,1-4,7H2,(H2,12,17)(H,15,16). The second kappa shape index (κ2) is 5.58. The van der Waals surface area contributed by atoms with Gasteiger partial charge >= 0.3 is 0 Å². The predicted molar refractivity (Wildman–Crippen MR) is 64.7 cm³/mol. The average Bonchev–Trinajstić information content (AvgIpc) is 2.58. The van der Waals surface area contributed by atoms with Crippen molar-refractivity contribution in [2.45, 2.75) is 25.3 Å². The van der Waals surface area contributed by atoms with Crippen LogP contribution in [0.15, 0.2) is 12.4 Å². The molecule has 6 heteroatoms. The summed E-state index contributed by atoms with van der Waals surface area (Å²) in [5.74, 6) is -0.0733. The van der Waals surface area contributed by atoms with Crippen molar-refractivity contribution >= 4 is 11.7 Å². The molecule has 1 aromatic heterocycles. The van der Waals surface area contributed by atoms with Gasteiger partial charge in [-0.1, -0.05) is 6.42 Å². The first kappa shape index (κ1) is 11.8. The van der Waals surface area contributed by atoms with E-state index in [1.807, 2.05) is 0 Å². The highest BCUT2D eigenvalue weighted by Crippen LogP contribution is 2.13. The van der Waals surface area contributed by atoms with Gasteiger partial charge in [0.1, 0.15) is 0 Å². The van der Waals surface area contributed by atoms with E-state index in [1.165, 1.54) is 12.6 Å². The molecule has 1 amide bonds. The van der Waals surface area contributed by atoms with Gasteiger partial charge in [0, 0.05) is 25.0 Å². The Kier molecular flexibility index (Phi) is 3.87. The van der Waals surface area contributed by atoms with Crippen LogP contribution >= 0.6 is 0 Å². The number of carbonyl (C=O) groups excluding carboxylic acids is 1. The smallest absolute Gasteiger partial charge is 0.271 e. The number of nitrogens with one attached hydrogen (secondary N) is 2. The van der Waals surface area contributed by atoms with E-state index in [1.54, 1.807) is 6.20 Å². The van der Waals surface area contributed by atoms with Crippen molar-refractivity contribution in [3.05, 3.63) is 18.1 Å². The molecule has 1 aliphatic rings. The summed E-state index contributed by atoms with van der Waals surface area (Å²) in [4.78, 5) is 19.3. The number of amides is 1. The molecular formula is C11H17N5O. The lowest BCUT2D eigenvalue weighted by atomic mass is 10.1. The Morgan fingerprint density at radius 3 is 3.06 bits per heavy atom. The van der Waals surface area contributed by atoms with Crippen LogP contribution in [0.2, 0.25) is 0 Å². The van der Waals surface area contributed by atoms with Crippen molar-refractivity contribution in [1.82, 2.24) is 15.3 Å². The molecule has 0 saturated carbocycles. The van der Waals surface area contributed by atoms with Crippen LogP contribution in [0.4, 0.5) is 5.82 Å². The van der Waals surface area contributed by atoms with Gasteiger partial charge in [-0.05, 0) is 19.4 Å². The number of aromatic nitrogens is 2. The van der Waals surface area contributed by atoms with Crippen molar-refractivity contribution in [2.75, 3.05) is 18.4 Å². The van der Waals surface area contributed by atoms with Crippen LogP contribution in [0.25, 0.3) is 0 Å². The maximum atomic E-state index is 11.2. The molecule has 1 atom stereocenters. The van der Waals surface area contributed by atoms with E-state index < -0.39 is 5.91 Å². The molecule has 17 heavy (non-hydrogen) atoms. The SMILES string of the molecule is NC(=O)c1nccnc1NC1CCCCNC1. The lowest BCUT2D eigenvalue weighted by Gasteiger charge is -2.17. The highest BCUT2D eigenvalue weighted by atomic mass is 16.1. The third-order valence-corrected chi connectivity index (χ3v) is 2.82. The molecule has 92 valence electrons. The van der Waals surface area contributed by atoms with E-state index in [-0.39, 0.29) is 11.7 Å². The van der Waals surface area contributed by atoms with Gasteiger partial charge < -0.3 is 16.4 Å². The molecule has 1 aromatic rings. The van der Waals surface area contributed by atoms with Gasteiger partial charge in [0.15, 0.2) is 11.5 Å². The summed E-state index contributed by atoms with van der Waals surface area (Å²) in [6.45, 7) is 1.91. The quantitative estimate of drug-likeness (QED) is 0.692. The topological polar surface area (TPSA) is 92.9 Å². The van der Waals surface area contributed by atoms with Crippen molar-refractivity contribution in [1.29, 1.82) is 0 Å².